The maximum atomic E-state index is 13.1. The summed E-state index contributed by atoms with van der Waals surface area (Å²) in [5, 5.41) is 1.05. The van der Waals surface area contributed by atoms with E-state index in [0.717, 1.165) is 60.0 Å². The minimum atomic E-state index is 0.122. The second-order valence-corrected chi connectivity index (χ2v) is 10.2. The van der Waals surface area contributed by atoms with Crippen LogP contribution in [0.4, 0.5) is 11.6 Å². The van der Waals surface area contributed by atoms with E-state index in [1.165, 1.54) is 0 Å². The molecule has 2 saturated heterocycles. The Morgan fingerprint density at radius 1 is 0.895 bits per heavy atom. The molecule has 3 aromatic heterocycles. The number of nitrogens with zero attached hydrogens (tertiary/aromatic N) is 7. The van der Waals surface area contributed by atoms with Crippen LogP contribution in [-0.4, -0.2) is 81.8 Å². The van der Waals surface area contributed by atoms with Gasteiger partial charge in [0.25, 0.3) is 0 Å². The van der Waals surface area contributed by atoms with Crippen molar-refractivity contribution < 1.29 is 9.53 Å². The number of rotatable bonds is 5. The lowest BCUT2D eigenvalue weighted by atomic mass is 10.1. The zero-order valence-corrected chi connectivity index (χ0v) is 21.9. The molecule has 1 aromatic carbocycles. The van der Waals surface area contributed by atoms with Gasteiger partial charge in [-0.25, -0.2) is 15.0 Å². The van der Waals surface area contributed by atoms with Crippen LogP contribution in [0, 0.1) is 0 Å². The van der Waals surface area contributed by atoms with Crippen molar-refractivity contribution in [3.63, 3.8) is 0 Å². The molecule has 6 rings (SSSR count). The molecule has 4 aromatic rings. The number of anilines is 2. The summed E-state index contributed by atoms with van der Waals surface area (Å²) in [6, 6.07) is 14.3. The number of para-hydroxylation sites is 1. The highest BCUT2D eigenvalue weighted by molar-refractivity contribution is 5.82. The Kier molecular flexibility index (Phi) is 6.68. The first-order chi connectivity index (χ1) is 18.5. The second-order valence-electron chi connectivity index (χ2n) is 10.2. The van der Waals surface area contributed by atoms with E-state index >= 15 is 0 Å². The van der Waals surface area contributed by atoms with Crippen LogP contribution in [-0.2, 0) is 16.1 Å². The topological polar surface area (TPSA) is 79.6 Å². The summed E-state index contributed by atoms with van der Waals surface area (Å²) in [4.78, 5) is 33.4. The molecule has 5 heterocycles. The smallest absolute Gasteiger partial charge is 0.242 e. The van der Waals surface area contributed by atoms with Crippen molar-refractivity contribution in [3.8, 4) is 11.1 Å². The molecule has 2 aliphatic rings. The van der Waals surface area contributed by atoms with E-state index in [9.17, 15) is 4.79 Å². The molecule has 0 aliphatic carbocycles. The number of amides is 1. The first kappa shape index (κ1) is 24.4. The van der Waals surface area contributed by atoms with Gasteiger partial charge in [0.15, 0.2) is 0 Å². The van der Waals surface area contributed by atoms with Gasteiger partial charge < -0.3 is 24.0 Å². The van der Waals surface area contributed by atoms with Crippen LogP contribution in [0.3, 0.4) is 0 Å². The fraction of sp³-hybridized carbons (Fsp3) is 0.379. The van der Waals surface area contributed by atoms with Gasteiger partial charge >= 0.3 is 0 Å². The molecule has 38 heavy (non-hydrogen) atoms. The second kappa shape index (κ2) is 10.4. The van der Waals surface area contributed by atoms with E-state index in [-0.39, 0.29) is 18.1 Å². The fourth-order valence-corrected chi connectivity index (χ4v) is 5.55. The molecule has 0 saturated carbocycles. The Hall–Kier alpha value is -3.98. The first-order valence-corrected chi connectivity index (χ1v) is 13.3. The first-order valence-electron chi connectivity index (χ1n) is 13.3. The standard InChI is InChI=1S/C29H33N7O2/c1-21-18-36(19-22(2)38-21)29-31-16-24(17-32-29)25-7-3-4-8-26(25)33-12-14-34(15-13-33)27(37)20-35-11-9-23-6-5-10-30-28(23)35/h3-11,16-17,21-22H,12-15,18-20H2,1-2H3. The average molecular weight is 512 g/mol. The van der Waals surface area contributed by atoms with Crippen molar-refractivity contribution in [1.82, 2.24) is 24.4 Å². The normalized spacial score (nSPS) is 20.2. The zero-order valence-electron chi connectivity index (χ0n) is 21.9. The Morgan fingerprint density at radius 2 is 1.63 bits per heavy atom. The summed E-state index contributed by atoms with van der Waals surface area (Å²) in [7, 11) is 0. The predicted octanol–water partition coefficient (Wildman–Crippen LogP) is 3.46. The van der Waals surface area contributed by atoms with Crippen LogP contribution >= 0.6 is 0 Å². The number of benzene rings is 1. The third kappa shape index (κ3) is 4.93. The third-order valence-corrected chi connectivity index (χ3v) is 7.36. The summed E-state index contributed by atoms with van der Waals surface area (Å²) in [6.45, 7) is 8.97. The van der Waals surface area contributed by atoms with E-state index in [2.05, 4.69) is 46.8 Å². The van der Waals surface area contributed by atoms with Gasteiger partial charge in [-0.05, 0) is 38.1 Å². The summed E-state index contributed by atoms with van der Waals surface area (Å²) in [5.41, 5.74) is 4.08. The van der Waals surface area contributed by atoms with Crippen molar-refractivity contribution in [2.75, 3.05) is 49.1 Å². The van der Waals surface area contributed by atoms with Gasteiger partial charge in [-0.15, -0.1) is 0 Å². The minimum absolute atomic E-state index is 0.122. The van der Waals surface area contributed by atoms with E-state index in [1.54, 1.807) is 6.20 Å². The molecular formula is C29H33N7O2. The number of aromatic nitrogens is 4. The molecule has 9 nitrogen and oxygen atoms in total. The van der Waals surface area contributed by atoms with Gasteiger partial charge in [0.05, 0.1) is 12.2 Å². The molecule has 0 bridgehead atoms. The van der Waals surface area contributed by atoms with Gasteiger partial charge in [-0.1, -0.05) is 18.2 Å². The van der Waals surface area contributed by atoms with Crippen LogP contribution in [0.15, 0.2) is 67.3 Å². The highest BCUT2D eigenvalue weighted by atomic mass is 16.5. The quantitative estimate of drug-likeness (QED) is 0.406. The Labute approximate surface area is 222 Å². The number of hydrogen-bond acceptors (Lipinski definition) is 7. The summed E-state index contributed by atoms with van der Waals surface area (Å²) in [5.74, 6) is 0.864. The lowest BCUT2D eigenvalue weighted by Gasteiger charge is -2.37. The molecule has 2 atom stereocenters. The van der Waals surface area contributed by atoms with Gasteiger partial charge in [0.2, 0.25) is 11.9 Å². The van der Waals surface area contributed by atoms with Crippen molar-refractivity contribution in [3.05, 3.63) is 67.3 Å². The lowest BCUT2D eigenvalue weighted by Crippen LogP contribution is -2.49. The number of hydrogen-bond donors (Lipinski definition) is 0. The number of pyridine rings is 1. The van der Waals surface area contributed by atoms with Crippen molar-refractivity contribution >= 4 is 28.6 Å². The lowest BCUT2D eigenvalue weighted by molar-refractivity contribution is -0.132. The maximum Gasteiger partial charge on any atom is 0.242 e. The number of piperazine rings is 1. The van der Waals surface area contributed by atoms with Crippen LogP contribution in [0.25, 0.3) is 22.2 Å². The fourth-order valence-electron chi connectivity index (χ4n) is 5.55. The van der Waals surface area contributed by atoms with Crippen LogP contribution in [0.5, 0.6) is 0 Å². The largest absolute Gasteiger partial charge is 0.372 e. The number of morpholine rings is 1. The molecule has 9 heteroatoms. The summed E-state index contributed by atoms with van der Waals surface area (Å²) in [6.07, 6.45) is 7.86. The van der Waals surface area contributed by atoms with Gasteiger partial charge in [0, 0.05) is 86.3 Å². The van der Waals surface area contributed by atoms with Crippen LogP contribution in [0.2, 0.25) is 0 Å². The summed E-state index contributed by atoms with van der Waals surface area (Å²) < 4.78 is 7.78. The highest BCUT2D eigenvalue weighted by Crippen LogP contribution is 2.31. The SMILES string of the molecule is CC1CN(c2ncc(-c3ccccc3N3CCN(C(=O)Cn4ccc5cccnc54)CC3)cn2)CC(C)O1. The van der Waals surface area contributed by atoms with E-state index in [0.29, 0.717) is 19.6 Å². The third-order valence-electron chi connectivity index (χ3n) is 7.36. The number of fused-ring (bicyclic) bond motifs is 1. The molecule has 0 N–H and O–H groups in total. The molecule has 2 unspecified atom stereocenters. The predicted molar refractivity (Wildman–Crippen MR) is 148 cm³/mol. The van der Waals surface area contributed by atoms with Gasteiger partial charge in [-0.3, -0.25) is 4.79 Å². The Balaban J connectivity index is 1.12. The molecule has 0 spiro atoms. The van der Waals surface area contributed by atoms with Crippen molar-refractivity contribution in [2.45, 2.75) is 32.6 Å². The molecule has 2 fully saturated rings. The summed E-state index contributed by atoms with van der Waals surface area (Å²) >= 11 is 0. The number of carbonyl (C=O) groups excluding carboxylic acids is 1. The Morgan fingerprint density at radius 3 is 2.39 bits per heavy atom. The van der Waals surface area contributed by atoms with Crippen LogP contribution < -0.4 is 9.80 Å². The molecule has 0 radical (unpaired) electrons. The number of ether oxygens (including phenoxy) is 1. The molecule has 2 aliphatic heterocycles. The van der Waals surface area contributed by atoms with E-state index < -0.39 is 0 Å². The average Bonchev–Trinajstić information content (AvgIpc) is 3.35. The van der Waals surface area contributed by atoms with Gasteiger partial charge in [0.1, 0.15) is 12.2 Å². The van der Waals surface area contributed by atoms with E-state index in [4.69, 9.17) is 14.7 Å². The van der Waals surface area contributed by atoms with Gasteiger partial charge in [-0.2, -0.15) is 0 Å². The monoisotopic (exact) mass is 511 g/mol. The van der Waals surface area contributed by atoms with E-state index in [1.807, 2.05) is 52.3 Å². The molecule has 1 amide bonds. The maximum absolute atomic E-state index is 13.1. The van der Waals surface area contributed by atoms with Crippen LogP contribution in [0.1, 0.15) is 13.8 Å². The van der Waals surface area contributed by atoms with Crippen molar-refractivity contribution in [1.29, 1.82) is 0 Å². The number of carbonyl (C=O) groups is 1. The molecule has 196 valence electrons. The zero-order chi connectivity index (χ0) is 26.1. The molecular weight excluding hydrogens is 478 g/mol. The Bertz CT molecular complexity index is 1400. The minimum Gasteiger partial charge on any atom is -0.372 e. The highest BCUT2D eigenvalue weighted by Gasteiger charge is 2.25. The van der Waals surface area contributed by atoms with Crippen molar-refractivity contribution in [2.24, 2.45) is 0 Å².